The van der Waals surface area contributed by atoms with Crippen LogP contribution in [0, 0.1) is 6.92 Å². The number of ether oxygens (including phenoxy) is 1. The van der Waals surface area contributed by atoms with Crippen LogP contribution in [0.4, 0.5) is 0 Å². The maximum absolute atomic E-state index is 12.2. The van der Waals surface area contributed by atoms with Gasteiger partial charge in [0.25, 0.3) is 5.82 Å². The summed E-state index contributed by atoms with van der Waals surface area (Å²) in [5.41, 5.74) is 8.00. The van der Waals surface area contributed by atoms with Gasteiger partial charge in [-0.05, 0) is 81.2 Å². The standard InChI is InChI=1S/C37H37N2O2/c1-20(2)26-19-28-30(25-16-12-11-15-24(25)26)34(4,5)31-32(28)38-21(3)39-33(31)27-17-22-13-9-10-14-23(22)18-29(27)35(6)36(39,7)37(35,40)41-8/h9-20,40H,1-8H3/q+1. The number of aliphatic hydroxyl groups is 1. The Balaban J connectivity index is 1.57. The lowest BCUT2D eigenvalue weighted by molar-refractivity contribution is -0.749. The molecule has 4 aromatic carbocycles. The summed E-state index contributed by atoms with van der Waals surface area (Å²) >= 11 is 0. The SMILES string of the molecule is COC1(O)C2(C)c3cc4ccccc4cc3-c3c4c(nc(C)[n+]3C12C)-c1cc(C(C)C)c2ccccc2c1C4(C)C. The van der Waals surface area contributed by atoms with Gasteiger partial charge in [-0.25, -0.2) is 4.57 Å². The second-order valence-electron chi connectivity index (χ2n) is 13.6. The van der Waals surface area contributed by atoms with Gasteiger partial charge >= 0.3 is 0 Å². The smallest absolute Gasteiger partial charge is 0.297 e. The van der Waals surface area contributed by atoms with E-state index in [1.54, 1.807) is 7.11 Å². The van der Waals surface area contributed by atoms with Crippen LogP contribution in [0.15, 0.2) is 66.7 Å². The van der Waals surface area contributed by atoms with Crippen LogP contribution < -0.4 is 4.57 Å². The molecular weight excluding hydrogens is 504 g/mol. The Morgan fingerprint density at radius 2 is 1.46 bits per heavy atom. The lowest BCUT2D eigenvalue weighted by Crippen LogP contribution is -2.58. The Kier molecular flexibility index (Phi) is 4.55. The van der Waals surface area contributed by atoms with Crippen molar-refractivity contribution < 1.29 is 14.4 Å². The summed E-state index contributed by atoms with van der Waals surface area (Å²) in [7, 11) is 1.63. The van der Waals surface area contributed by atoms with E-state index in [1.165, 1.54) is 43.8 Å². The van der Waals surface area contributed by atoms with E-state index in [-0.39, 0.29) is 5.41 Å². The Labute approximate surface area is 241 Å². The summed E-state index contributed by atoms with van der Waals surface area (Å²) in [6.45, 7) is 15.6. The van der Waals surface area contributed by atoms with Crippen LogP contribution in [0.3, 0.4) is 0 Å². The van der Waals surface area contributed by atoms with E-state index in [2.05, 4.69) is 120 Å². The van der Waals surface area contributed by atoms with Gasteiger partial charge in [0.15, 0.2) is 11.2 Å². The van der Waals surface area contributed by atoms with E-state index < -0.39 is 16.7 Å². The van der Waals surface area contributed by atoms with E-state index in [1.807, 2.05) is 0 Å². The number of aromatic nitrogens is 2. The van der Waals surface area contributed by atoms with Gasteiger partial charge in [0.05, 0.1) is 5.56 Å². The molecule has 5 aromatic rings. The third-order valence-corrected chi connectivity index (χ3v) is 11.2. The fourth-order valence-corrected chi connectivity index (χ4v) is 9.01. The molecule has 4 nitrogen and oxygen atoms in total. The Morgan fingerprint density at radius 3 is 2.12 bits per heavy atom. The highest BCUT2D eigenvalue weighted by atomic mass is 16.6. The van der Waals surface area contributed by atoms with Gasteiger partial charge in [-0.3, -0.25) is 0 Å². The summed E-state index contributed by atoms with van der Waals surface area (Å²) in [6, 6.07) is 24.4. The molecule has 0 spiro atoms. The molecule has 1 N–H and O–H groups in total. The summed E-state index contributed by atoms with van der Waals surface area (Å²) in [5, 5.41) is 17.2. The zero-order valence-corrected chi connectivity index (χ0v) is 25.2. The number of benzene rings is 4. The molecule has 3 atom stereocenters. The first kappa shape index (κ1) is 25.1. The zero-order chi connectivity index (χ0) is 28.9. The second-order valence-corrected chi connectivity index (χ2v) is 13.6. The number of fused-ring (bicyclic) bond motifs is 13. The van der Waals surface area contributed by atoms with Gasteiger partial charge < -0.3 is 9.84 Å². The number of aryl methyl sites for hydroxylation is 1. The topological polar surface area (TPSA) is 46.2 Å². The van der Waals surface area contributed by atoms with Crippen molar-refractivity contribution in [1.29, 1.82) is 0 Å². The highest BCUT2D eigenvalue weighted by Gasteiger charge is 2.91. The fourth-order valence-electron chi connectivity index (χ4n) is 9.01. The van der Waals surface area contributed by atoms with Crippen molar-refractivity contribution in [2.75, 3.05) is 7.11 Å². The minimum Gasteiger partial charge on any atom is -0.361 e. The van der Waals surface area contributed by atoms with Crippen LogP contribution in [-0.2, 0) is 21.1 Å². The average molecular weight is 542 g/mol. The minimum atomic E-state index is -1.37. The second kappa shape index (κ2) is 7.42. The van der Waals surface area contributed by atoms with E-state index in [4.69, 9.17) is 9.72 Å². The number of rotatable bonds is 2. The van der Waals surface area contributed by atoms with Crippen molar-refractivity contribution in [2.24, 2.45) is 0 Å². The molecule has 0 saturated heterocycles. The quantitative estimate of drug-likeness (QED) is 0.187. The van der Waals surface area contributed by atoms with Gasteiger partial charge in [-0.1, -0.05) is 76.2 Å². The molecule has 1 fully saturated rings. The molecule has 1 aliphatic heterocycles. The van der Waals surface area contributed by atoms with Crippen LogP contribution >= 0.6 is 0 Å². The lowest BCUT2D eigenvalue weighted by atomic mass is 9.75. The molecule has 0 amide bonds. The molecule has 1 saturated carbocycles. The summed E-state index contributed by atoms with van der Waals surface area (Å²) in [5.74, 6) is -0.0940. The number of hydrogen-bond donors (Lipinski definition) is 1. The molecule has 8 rings (SSSR count). The Bertz CT molecular complexity index is 2010. The molecule has 3 unspecified atom stereocenters. The van der Waals surface area contributed by atoms with Gasteiger partial charge in [0.2, 0.25) is 5.79 Å². The number of methoxy groups -OCH3 is 1. The normalized spacial score (nSPS) is 26.5. The number of hydrogen-bond acceptors (Lipinski definition) is 3. The van der Waals surface area contributed by atoms with Crippen molar-refractivity contribution in [3.63, 3.8) is 0 Å². The van der Waals surface area contributed by atoms with Crippen molar-refractivity contribution in [1.82, 2.24) is 4.98 Å². The molecule has 41 heavy (non-hydrogen) atoms. The zero-order valence-electron chi connectivity index (χ0n) is 25.2. The molecule has 2 aliphatic carbocycles. The third-order valence-electron chi connectivity index (χ3n) is 11.2. The predicted octanol–water partition coefficient (Wildman–Crippen LogP) is 7.42. The monoisotopic (exact) mass is 541 g/mol. The molecule has 1 aromatic heterocycles. The van der Waals surface area contributed by atoms with Gasteiger partial charge in [-0.2, -0.15) is 0 Å². The van der Waals surface area contributed by atoms with Gasteiger partial charge in [-0.15, -0.1) is 0 Å². The Hall–Kier alpha value is -3.60. The van der Waals surface area contributed by atoms with Gasteiger partial charge in [0, 0.05) is 30.6 Å². The number of nitrogens with zero attached hydrogens (tertiary/aromatic N) is 2. The summed E-state index contributed by atoms with van der Waals surface area (Å²) in [4.78, 5) is 5.40. The molecule has 2 heterocycles. The van der Waals surface area contributed by atoms with Crippen LogP contribution in [0.25, 0.3) is 44.1 Å². The summed E-state index contributed by atoms with van der Waals surface area (Å²) in [6.07, 6.45) is 0. The van der Waals surface area contributed by atoms with Crippen LogP contribution in [0.5, 0.6) is 0 Å². The van der Waals surface area contributed by atoms with Crippen molar-refractivity contribution in [3.05, 3.63) is 94.8 Å². The van der Waals surface area contributed by atoms with Crippen molar-refractivity contribution in [2.45, 2.75) is 76.5 Å². The minimum absolute atomic E-state index is 0.315. The molecule has 0 radical (unpaired) electrons. The average Bonchev–Trinajstić information content (AvgIpc) is 3.24. The highest BCUT2D eigenvalue weighted by molar-refractivity contribution is 6.01. The van der Waals surface area contributed by atoms with Crippen molar-refractivity contribution >= 4 is 21.5 Å². The first-order chi connectivity index (χ1) is 19.4. The highest BCUT2D eigenvalue weighted by Crippen LogP contribution is 2.72. The molecule has 4 heteroatoms. The summed E-state index contributed by atoms with van der Waals surface area (Å²) < 4.78 is 8.33. The van der Waals surface area contributed by atoms with E-state index in [0.717, 1.165) is 28.3 Å². The van der Waals surface area contributed by atoms with Crippen molar-refractivity contribution in [3.8, 4) is 22.5 Å². The first-order valence-corrected chi connectivity index (χ1v) is 14.8. The maximum atomic E-state index is 12.2. The van der Waals surface area contributed by atoms with E-state index in [9.17, 15) is 5.11 Å². The maximum Gasteiger partial charge on any atom is 0.297 e. The van der Waals surface area contributed by atoms with Crippen LogP contribution in [-0.4, -0.2) is 23.0 Å². The lowest BCUT2D eigenvalue weighted by Gasteiger charge is -2.31. The first-order valence-electron chi connectivity index (χ1n) is 14.8. The molecule has 0 bridgehead atoms. The van der Waals surface area contributed by atoms with Gasteiger partial charge in [0.1, 0.15) is 11.1 Å². The molecule has 3 aliphatic rings. The predicted molar refractivity (Wildman–Crippen MR) is 164 cm³/mol. The third kappa shape index (κ3) is 2.53. The van der Waals surface area contributed by atoms with E-state index in [0.29, 0.717) is 5.92 Å². The van der Waals surface area contributed by atoms with Crippen LogP contribution in [0.1, 0.15) is 75.5 Å². The van der Waals surface area contributed by atoms with Crippen LogP contribution in [0.2, 0.25) is 0 Å². The molecular formula is C37H37N2O2+. The largest absolute Gasteiger partial charge is 0.361 e. The molecule has 206 valence electrons. The van der Waals surface area contributed by atoms with E-state index >= 15 is 0 Å². The Morgan fingerprint density at radius 1 is 0.829 bits per heavy atom. The fraction of sp³-hybridized carbons (Fsp3) is 0.351.